The first-order valence-corrected chi connectivity index (χ1v) is 7.98. The van der Waals surface area contributed by atoms with Crippen molar-refractivity contribution in [3.05, 3.63) is 43.7 Å². The second-order valence-electron chi connectivity index (χ2n) is 4.06. The van der Waals surface area contributed by atoms with E-state index in [-0.39, 0.29) is 12.1 Å². The Balaban J connectivity index is 2.13. The Morgan fingerprint density at radius 1 is 1.33 bits per heavy atom. The first kappa shape index (κ1) is 14.0. The molecule has 2 rings (SSSR count). The molecular formula is C13H16ClNOS2. The van der Waals surface area contributed by atoms with Crippen molar-refractivity contribution in [3.63, 3.8) is 0 Å². The van der Waals surface area contributed by atoms with Gasteiger partial charge in [-0.3, -0.25) is 0 Å². The maximum absolute atomic E-state index is 9.67. The molecule has 18 heavy (non-hydrogen) atoms. The minimum absolute atomic E-state index is 0.128. The summed E-state index contributed by atoms with van der Waals surface area (Å²) in [7, 11) is 0. The molecule has 5 heteroatoms. The molecule has 2 N–H and O–H groups in total. The van der Waals surface area contributed by atoms with Gasteiger partial charge in [0.05, 0.1) is 16.5 Å². The van der Waals surface area contributed by atoms with Gasteiger partial charge in [0.25, 0.3) is 0 Å². The molecule has 2 aromatic rings. The van der Waals surface area contributed by atoms with E-state index in [0.717, 1.165) is 10.8 Å². The fraction of sp³-hybridized carbons (Fsp3) is 0.385. The summed E-state index contributed by atoms with van der Waals surface area (Å²) < 4.78 is 0.796. The lowest BCUT2D eigenvalue weighted by molar-refractivity contribution is 0.165. The van der Waals surface area contributed by atoms with Crippen molar-refractivity contribution in [2.24, 2.45) is 0 Å². The highest BCUT2D eigenvalue weighted by molar-refractivity contribution is 7.16. The summed E-state index contributed by atoms with van der Waals surface area (Å²) in [4.78, 5) is 2.43. The second-order valence-corrected chi connectivity index (χ2v) is 6.79. The average Bonchev–Trinajstić information content (AvgIpc) is 3.01. The summed E-state index contributed by atoms with van der Waals surface area (Å²) in [6.45, 7) is 2.57. The zero-order chi connectivity index (χ0) is 13.0. The largest absolute Gasteiger partial charge is 0.392 e. The third-order valence-corrected chi connectivity index (χ3v) is 4.97. The summed E-state index contributed by atoms with van der Waals surface area (Å²) in [5, 5.41) is 15.2. The standard InChI is InChI=1S/C13H16ClNOS2/c1-2-9(16)8-15-13(10-4-3-7-17-10)11-5-6-12(14)18-11/h3-7,9,13,15-16H,2,8H2,1H3. The van der Waals surface area contributed by atoms with Crippen molar-refractivity contribution in [1.82, 2.24) is 5.32 Å². The van der Waals surface area contributed by atoms with Crippen LogP contribution in [0.5, 0.6) is 0 Å². The fourth-order valence-corrected chi connectivity index (χ4v) is 3.73. The number of nitrogens with one attached hydrogen (secondary N) is 1. The molecule has 0 spiro atoms. The molecule has 0 aliphatic carbocycles. The molecule has 0 fully saturated rings. The number of hydrogen-bond donors (Lipinski definition) is 2. The molecule has 2 unspecified atom stereocenters. The third-order valence-electron chi connectivity index (χ3n) is 2.74. The number of aliphatic hydroxyl groups is 1. The molecule has 2 nitrogen and oxygen atoms in total. The van der Waals surface area contributed by atoms with Gasteiger partial charge < -0.3 is 10.4 Å². The normalized spacial score (nSPS) is 14.6. The highest BCUT2D eigenvalue weighted by Crippen LogP contribution is 2.32. The summed E-state index contributed by atoms with van der Waals surface area (Å²) in [6.07, 6.45) is 0.456. The lowest BCUT2D eigenvalue weighted by atomic mass is 10.2. The van der Waals surface area contributed by atoms with Crippen molar-refractivity contribution in [3.8, 4) is 0 Å². The van der Waals surface area contributed by atoms with Gasteiger partial charge in [-0.1, -0.05) is 24.6 Å². The van der Waals surface area contributed by atoms with Crippen LogP contribution in [-0.4, -0.2) is 17.8 Å². The van der Waals surface area contributed by atoms with Crippen LogP contribution in [0.3, 0.4) is 0 Å². The van der Waals surface area contributed by atoms with Gasteiger partial charge in [-0.2, -0.15) is 0 Å². The molecule has 0 aliphatic heterocycles. The number of aliphatic hydroxyl groups excluding tert-OH is 1. The van der Waals surface area contributed by atoms with Gasteiger partial charge >= 0.3 is 0 Å². The Labute approximate surface area is 120 Å². The molecule has 0 saturated carbocycles. The molecule has 2 aromatic heterocycles. The van der Waals surface area contributed by atoms with E-state index in [2.05, 4.69) is 16.8 Å². The number of thiophene rings is 2. The Morgan fingerprint density at radius 2 is 2.17 bits per heavy atom. The van der Waals surface area contributed by atoms with Crippen LogP contribution in [-0.2, 0) is 0 Å². The summed E-state index contributed by atoms with van der Waals surface area (Å²) in [6, 6.07) is 8.24. The van der Waals surface area contributed by atoms with E-state index in [1.165, 1.54) is 9.75 Å². The smallest absolute Gasteiger partial charge is 0.0931 e. The number of hydrogen-bond acceptors (Lipinski definition) is 4. The zero-order valence-electron chi connectivity index (χ0n) is 10.1. The summed E-state index contributed by atoms with van der Waals surface area (Å²) in [5.41, 5.74) is 0. The molecule has 2 atom stereocenters. The predicted molar refractivity (Wildman–Crippen MR) is 79.8 cm³/mol. The maximum atomic E-state index is 9.67. The molecule has 0 aromatic carbocycles. The monoisotopic (exact) mass is 301 g/mol. The second kappa shape index (κ2) is 6.68. The Kier molecular flexibility index (Phi) is 5.21. The lowest BCUT2D eigenvalue weighted by Crippen LogP contribution is -2.29. The van der Waals surface area contributed by atoms with Crippen molar-refractivity contribution in [2.75, 3.05) is 6.54 Å². The average molecular weight is 302 g/mol. The highest BCUT2D eigenvalue weighted by Gasteiger charge is 2.17. The first-order valence-electron chi connectivity index (χ1n) is 5.90. The van der Waals surface area contributed by atoms with Crippen LogP contribution in [0.4, 0.5) is 0 Å². The van der Waals surface area contributed by atoms with E-state index in [4.69, 9.17) is 11.6 Å². The van der Waals surface area contributed by atoms with E-state index < -0.39 is 0 Å². The van der Waals surface area contributed by atoms with Crippen molar-refractivity contribution < 1.29 is 5.11 Å². The van der Waals surface area contributed by atoms with Crippen molar-refractivity contribution >= 4 is 34.3 Å². The van der Waals surface area contributed by atoms with Gasteiger partial charge in [0.2, 0.25) is 0 Å². The first-order chi connectivity index (χ1) is 8.70. The number of rotatable bonds is 6. The quantitative estimate of drug-likeness (QED) is 0.848. The van der Waals surface area contributed by atoms with Gasteiger partial charge in [0, 0.05) is 16.3 Å². The van der Waals surface area contributed by atoms with Crippen LogP contribution in [0.1, 0.15) is 29.1 Å². The van der Waals surface area contributed by atoms with Crippen LogP contribution in [0.2, 0.25) is 4.34 Å². The molecule has 2 heterocycles. The van der Waals surface area contributed by atoms with Gasteiger partial charge in [-0.25, -0.2) is 0 Å². The molecule has 98 valence electrons. The molecule has 0 saturated heterocycles. The maximum Gasteiger partial charge on any atom is 0.0931 e. The SMILES string of the molecule is CCC(O)CNC(c1cccs1)c1ccc(Cl)s1. The number of halogens is 1. The zero-order valence-corrected chi connectivity index (χ0v) is 12.5. The fourth-order valence-electron chi connectivity index (χ4n) is 1.68. The van der Waals surface area contributed by atoms with Crippen LogP contribution < -0.4 is 5.32 Å². The Hall–Kier alpha value is -0.390. The minimum Gasteiger partial charge on any atom is -0.392 e. The Morgan fingerprint density at radius 3 is 2.72 bits per heavy atom. The van der Waals surface area contributed by atoms with Crippen LogP contribution >= 0.6 is 34.3 Å². The van der Waals surface area contributed by atoms with Gasteiger partial charge in [0.1, 0.15) is 0 Å². The lowest BCUT2D eigenvalue weighted by Gasteiger charge is -2.18. The van der Waals surface area contributed by atoms with Crippen LogP contribution in [0.25, 0.3) is 0 Å². The predicted octanol–water partition coefficient (Wildman–Crippen LogP) is 3.91. The van der Waals surface area contributed by atoms with Crippen molar-refractivity contribution in [2.45, 2.75) is 25.5 Å². The van der Waals surface area contributed by atoms with E-state index >= 15 is 0 Å². The molecule has 0 bridgehead atoms. The van der Waals surface area contributed by atoms with E-state index in [1.807, 2.05) is 25.1 Å². The molecular weight excluding hydrogens is 286 g/mol. The van der Waals surface area contributed by atoms with E-state index in [1.54, 1.807) is 22.7 Å². The molecule has 0 amide bonds. The van der Waals surface area contributed by atoms with Gasteiger partial charge in [-0.05, 0) is 30.0 Å². The summed E-state index contributed by atoms with van der Waals surface area (Å²) in [5.74, 6) is 0. The highest BCUT2D eigenvalue weighted by atomic mass is 35.5. The van der Waals surface area contributed by atoms with Crippen LogP contribution in [0, 0.1) is 0 Å². The Bertz CT molecular complexity index is 469. The van der Waals surface area contributed by atoms with Crippen LogP contribution in [0.15, 0.2) is 29.6 Å². The third kappa shape index (κ3) is 3.56. The molecule has 0 aliphatic rings. The molecule has 0 radical (unpaired) electrons. The minimum atomic E-state index is -0.303. The van der Waals surface area contributed by atoms with E-state index in [0.29, 0.717) is 6.54 Å². The topological polar surface area (TPSA) is 32.3 Å². The summed E-state index contributed by atoms with van der Waals surface area (Å²) >= 11 is 9.30. The van der Waals surface area contributed by atoms with E-state index in [9.17, 15) is 5.11 Å². The van der Waals surface area contributed by atoms with Gasteiger partial charge in [-0.15, -0.1) is 22.7 Å². The van der Waals surface area contributed by atoms with Crippen molar-refractivity contribution in [1.29, 1.82) is 0 Å². The van der Waals surface area contributed by atoms with Gasteiger partial charge in [0.15, 0.2) is 0 Å².